The van der Waals surface area contributed by atoms with Crippen LogP contribution in [0.4, 0.5) is 5.69 Å². The van der Waals surface area contributed by atoms with Gasteiger partial charge in [0.05, 0.1) is 0 Å². The van der Waals surface area contributed by atoms with Crippen LogP contribution in [0.25, 0.3) is 0 Å². The van der Waals surface area contributed by atoms with Gasteiger partial charge < -0.3 is 4.90 Å². The summed E-state index contributed by atoms with van der Waals surface area (Å²) in [6.07, 6.45) is 2.42. The van der Waals surface area contributed by atoms with Crippen LogP contribution in [0.1, 0.15) is 30.9 Å². The first-order valence-electron chi connectivity index (χ1n) is 7.25. The van der Waals surface area contributed by atoms with Crippen molar-refractivity contribution in [3.05, 3.63) is 64.7 Å². The van der Waals surface area contributed by atoms with Gasteiger partial charge >= 0.3 is 0 Å². The molecule has 2 aromatic carbocycles. The summed E-state index contributed by atoms with van der Waals surface area (Å²) in [5, 5.41) is 0.796. The maximum absolute atomic E-state index is 5.96. The smallest absolute Gasteiger partial charge is 0.0429 e. The summed E-state index contributed by atoms with van der Waals surface area (Å²) in [7, 11) is 0. The van der Waals surface area contributed by atoms with Gasteiger partial charge in [0, 0.05) is 23.8 Å². The van der Waals surface area contributed by atoms with Crippen molar-refractivity contribution in [1.29, 1.82) is 0 Å². The van der Waals surface area contributed by atoms with Crippen molar-refractivity contribution in [1.82, 2.24) is 0 Å². The minimum Gasteiger partial charge on any atom is -0.367 e. The Kier molecular flexibility index (Phi) is 5.49. The molecule has 0 spiro atoms. The van der Waals surface area contributed by atoms with E-state index in [1.807, 2.05) is 12.1 Å². The Hall–Kier alpha value is -1.47. The second kappa shape index (κ2) is 7.35. The molecule has 0 radical (unpaired) electrons. The molecule has 0 aliphatic heterocycles. The van der Waals surface area contributed by atoms with Crippen molar-refractivity contribution in [2.24, 2.45) is 0 Å². The van der Waals surface area contributed by atoms with Gasteiger partial charge in [0.25, 0.3) is 0 Å². The molecule has 0 N–H and O–H groups in total. The average molecular weight is 288 g/mol. The van der Waals surface area contributed by atoms with Gasteiger partial charge in [0.1, 0.15) is 0 Å². The quantitative estimate of drug-likeness (QED) is 0.682. The molecule has 106 valence electrons. The van der Waals surface area contributed by atoms with Crippen molar-refractivity contribution >= 4 is 17.3 Å². The molecule has 0 saturated heterocycles. The van der Waals surface area contributed by atoms with E-state index in [4.69, 9.17) is 11.6 Å². The molecule has 0 aromatic heterocycles. The van der Waals surface area contributed by atoms with E-state index in [-0.39, 0.29) is 0 Å². The summed E-state index contributed by atoms with van der Waals surface area (Å²) in [5.74, 6) is 0. The molecular formula is C18H22ClN. The Bertz CT molecular complexity index is 533. The zero-order valence-corrected chi connectivity index (χ0v) is 13.0. The van der Waals surface area contributed by atoms with Gasteiger partial charge in [0.2, 0.25) is 0 Å². The topological polar surface area (TPSA) is 3.24 Å². The zero-order chi connectivity index (χ0) is 14.4. The minimum absolute atomic E-state index is 0.796. The monoisotopic (exact) mass is 287 g/mol. The van der Waals surface area contributed by atoms with Gasteiger partial charge in [-0.15, -0.1) is 0 Å². The second-order valence-electron chi connectivity index (χ2n) is 5.24. The first-order chi connectivity index (χ1) is 9.69. The largest absolute Gasteiger partial charge is 0.367 e. The van der Waals surface area contributed by atoms with Crippen molar-refractivity contribution in [2.75, 3.05) is 11.4 Å². The maximum atomic E-state index is 5.96. The molecular weight excluding hydrogens is 266 g/mol. The van der Waals surface area contributed by atoms with Gasteiger partial charge in [0.15, 0.2) is 0 Å². The van der Waals surface area contributed by atoms with Crippen LogP contribution in [0.5, 0.6) is 0 Å². The Morgan fingerprint density at radius 3 is 2.45 bits per heavy atom. The van der Waals surface area contributed by atoms with Crippen molar-refractivity contribution < 1.29 is 0 Å². The fraction of sp³-hybridized carbons (Fsp3) is 0.333. The number of benzene rings is 2. The number of anilines is 1. The van der Waals surface area contributed by atoms with Gasteiger partial charge in [-0.05, 0) is 48.7 Å². The molecule has 0 bridgehead atoms. The minimum atomic E-state index is 0.796. The lowest BCUT2D eigenvalue weighted by atomic mass is 10.1. The van der Waals surface area contributed by atoms with Crippen molar-refractivity contribution in [3.8, 4) is 0 Å². The highest BCUT2D eigenvalue weighted by atomic mass is 35.5. The molecule has 0 amide bonds. The lowest BCUT2D eigenvalue weighted by molar-refractivity contribution is 0.716. The zero-order valence-electron chi connectivity index (χ0n) is 12.3. The normalized spacial score (nSPS) is 10.6. The van der Waals surface area contributed by atoms with E-state index in [0.717, 1.165) is 18.1 Å². The Labute approximate surface area is 127 Å². The number of unbranched alkanes of at least 4 members (excludes halogenated alkanes) is 1. The Morgan fingerprint density at radius 2 is 1.80 bits per heavy atom. The predicted molar refractivity (Wildman–Crippen MR) is 88.6 cm³/mol. The van der Waals surface area contributed by atoms with E-state index >= 15 is 0 Å². The fourth-order valence-corrected chi connectivity index (χ4v) is 2.41. The van der Waals surface area contributed by atoms with E-state index < -0.39 is 0 Å². The van der Waals surface area contributed by atoms with Crippen LogP contribution >= 0.6 is 11.6 Å². The van der Waals surface area contributed by atoms with Crippen LogP contribution in [0, 0.1) is 6.92 Å². The summed E-state index contributed by atoms with van der Waals surface area (Å²) in [6.45, 7) is 6.39. The highest BCUT2D eigenvalue weighted by Crippen LogP contribution is 2.20. The molecule has 2 rings (SSSR count). The van der Waals surface area contributed by atoms with Crippen LogP contribution in [0.15, 0.2) is 48.5 Å². The number of rotatable bonds is 6. The molecule has 2 aromatic rings. The molecule has 1 nitrogen and oxygen atoms in total. The third-order valence-electron chi connectivity index (χ3n) is 3.44. The third kappa shape index (κ3) is 4.28. The predicted octanol–water partition coefficient (Wildman–Crippen LogP) is 5.46. The van der Waals surface area contributed by atoms with Gasteiger partial charge in [-0.3, -0.25) is 0 Å². The number of halogens is 1. The maximum Gasteiger partial charge on any atom is 0.0429 e. The number of aryl methyl sites for hydroxylation is 1. The highest BCUT2D eigenvalue weighted by Gasteiger charge is 2.07. The van der Waals surface area contributed by atoms with E-state index in [1.165, 1.54) is 29.7 Å². The van der Waals surface area contributed by atoms with Crippen LogP contribution in [0.2, 0.25) is 5.02 Å². The van der Waals surface area contributed by atoms with Crippen LogP contribution in [-0.2, 0) is 6.54 Å². The summed E-state index contributed by atoms with van der Waals surface area (Å²) in [5.41, 5.74) is 3.90. The lowest BCUT2D eigenvalue weighted by Crippen LogP contribution is -2.23. The van der Waals surface area contributed by atoms with Gasteiger partial charge in [-0.1, -0.05) is 49.2 Å². The van der Waals surface area contributed by atoms with Crippen LogP contribution < -0.4 is 4.90 Å². The highest BCUT2D eigenvalue weighted by molar-refractivity contribution is 6.30. The van der Waals surface area contributed by atoms with Gasteiger partial charge in [-0.25, -0.2) is 0 Å². The Morgan fingerprint density at radius 1 is 1.05 bits per heavy atom. The SMILES string of the molecule is CCCCN(Cc1ccc(Cl)cc1)c1cccc(C)c1. The molecule has 0 saturated carbocycles. The number of hydrogen-bond acceptors (Lipinski definition) is 1. The van der Waals surface area contributed by atoms with E-state index in [2.05, 4.69) is 55.1 Å². The molecule has 0 unspecified atom stereocenters. The summed E-state index contributed by atoms with van der Waals surface area (Å²) in [6, 6.07) is 16.9. The van der Waals surface area contributed by atoms with E-state index in [1.54, 1.807) is 0 Å². The van der Waals surface area contributed by atoms with E-state index in [9.17, 15) is 0 Å². The third-order valence-corrected chi connectivity index (χ3v) is 3.69. The van der Waals surface area contributed by atoms with Gasteiger partial charge in [-0.2, -0.15) is 0 Å². The van der Waals surface area contributed by atoms with Crippen molar-refractivity contribution in [2.45, 2.75) is 33.2 Å². The van der Waals surface area contributed by atoms with Crippen LogP contribution in [0.3, 0.4) is 0 Å². The van der Waals surface area contributed by atoms with Crippen LogP contribution in [-0.4, -0.2) is 6.54 Å². The molecule has 0 aliphatic rings. The second-order valence-corrected chi connectivity index (χ2v) is 5.68. The lowest BCUT2D eigenvalue weighted by Gasteiger charge is -2.25. The molecule has 0 atom stereocenters. The number of nitrogens with zero attached hydrogens (tertiary/aromatic N) is 1. The first kappa shape index (κ1) is 14.9. The molecule has 20 heavy (non-hydrogen) atoms. The summed E-state index contributed by atoms with van der Waals surface area (Å²) < 4.78 is 0. The summed E-state index contributed by atoms with van der Waals surface area (Å²) >= 11 is 5.96. The summed E-state index contributed by atoms with van der Waals surface area (Å²) in [4.78, 5) is 2.44. The molecule has 0 heterocycles. The molecule has 0 fully saturated rings. The van der Waals surface area contributed by atoms with Crippen molar-refractivity contribution in [3.63, 3.8) is 0 Å². The molecule has 2 heteroatoms. The molecule has 0 aliphatic carbocycles. The average Bonchev–Trinajstić information content (AvgIpc) is 2.45. The Balaban J connectivity index is 2.16. The van der Waals surface area contributed by atoms with E-state index in [0.29, 0.717) is 0 Å². The standard InChI is InChI=1S/C18H22ClN/c1-3-4-12-20(18-7-5-6-15(2)13-18)14-16-8-10-17(19)11-9-16/h5-11,13H,3-4,12,14H2,1-2H3. The fourth-order valence-electron chi connectivity index (χ4n) is 2.28. The number of hydrogen-bond donors (Lipinski definition) is 0. The first-order valence-corrected chi connectivity index (χ1v) is 7.63.